The van der Waals surface area contributed by atoms with Gasteiger partial charge in [0.25, 0.3) is 0 Å². The van der Waals surface area contributed by atoms with Gasteiger partial charge in [-0.25, -0.2) is 0 Å². The Hall–Kier alpha value is -6.29. The number of anilines is 3. The van der Waals surface area contributed by atoms with Crippen LogP contribution in [0.3, 0.4) is 0 Å². The van der Waals surface area contributed by atoms with E-state index in [2.05, 4.69) is 207 Å². The van der Waals surface area contributed by atoms with E-state index in [1.54, 1.807) is 5.57 Å². The molecule has 0 fully saturated rings. The molecule has 306 valence electrons. The highest BCUT2D eigenvalue weighted by molar-refractivity contribution is 8.00. The van der Waals surface area contributed by atoms with Crippen molar-refractivity contribution < 1.29 is 0 Å². The minimum absolute atomic E-state index is 0.00890. The third-order valence-electron chi connectivity index (χ3n) is 15.3. The van der Waals surface area contributed by atoms with Crippen LogP contribution in [0.15, 0.2) is 180 Å². The minimum Gasteiger partial charge on any atom is -0.313 e. The van der Waals surface area contributed by atoms with Crippen molar-refractivity contribution in [2.45, 2.75) is 80.3 Å². The number of hydrogen-bond acceptors (Lipinski definition) is 2. The highest BCUT2D eigenvalue weighted by Gasteiger charge is 2.42. The Morgan fingerprint density at radius 2 is 1.33 bits per heavy atom. The zero-order valence-corrected chi connectivity index (χ0v) is 37.3. The predicted octanol–water partition coefficient (Wildman–Crippen LogP) is 16.0. The Morgan fingerprint density at radius 1 is 0.619 bits per heavy atom. The minimum atomic E-state index is -0.114. The van der Waals surface area contributed by atoms with Crippen molar-refractivity contribution in [3.05, 3.63) is 215 Å². The number of hydrogen-bond donors (Lipinski definition) is 0. The second-order valence-corrected chi connectivity index (χ2v) is 20.6. The van der Waals surface area contributed by atoms with Crippen molar-refractivity contribution in [3.63, 3.8) is 0 Å². The van der Waals surface area contributed by atoms with Gasteiger partial charge in [0, 0.05) is 66.3 Å². The summed E-state index contributed by atoms with van der Waals surface area (Å²) in [6, 6.07) is 49.0. The van der Waals surface area contributed by atoms with Crippen LogP contribution >= 0.6 is 11.8 Å². The van der Waals surface area contributed by atoms with Crippen molar-refractivity contribution >= 4 is 51.0 Å². The first-order valence-corrected chi connectivity index (χ1v) is 23.8. The molecule has 0 radical (unpaired) electrons. The van der Waals surface area contributed by atoms with Crippen LogP contribution in [-0.4, -0.2) is 9.82 Å². The number of benzene rings is 6. The molecule has 2 heterocycles. The van der Waals surface area contributed by atoms with E-state index in [0.29, 0.717) is 11.2 Å². The zero-order chi connectivity index (χ0) is 42.2. The first-order chi connectivity index (χ1) is 30.8. The first kappa shape index (κ1) is 37.3. The Balaban J connectivity index is 1.01. The summed E-state index contributed by atoms with van der Waals surface area (Å²) in [4.78, 5) is 3.94. The van der Waals surface area contributed by atoms with Crippen molar-refractivity contribution in [3.8, 4) is 22.3 Å². The van der Waals surface area contributed by atoms with Gasteiger partial charge in [0.1, 0.15) is 0 Å². The fourth-order valence-corrected chi connectivity index (χ4v) is 13.7. The van der Waals surface area contributed by atoms with Crippen LogP contribution in [0.1, 0.15) is 91.9 Å². The molecular formula is C60H50N2S. The molecule has 0 saturated heterocycles. The van der Waals surface area contributed by atoms with Crippen molar-refractivity contribution in [1.82, 2.24) is 4.57 Å². The second kappa shape index (κ2) is 13.6. The van der Waals surface area contributed by atoms with Crippen LogP contribution in [0.5, 0.6) is 0 Å². The summed E-state index contributed by atoms with van der Waals surface area (Å²) in [7, 11) is 0. The topological polar surface area (TPSA) is 8.17 Å². The van der Waals surface area contributed by atoms with Crippen LogP contribution in [0.2, 0.25) is 0 Å². The summed E-state index contributed by atoms with van der Waals surface area (Å²) in [5, 5.41) is 1.80. The summed E-state index contributed by atoms with van der Waals surface area (Å²) in [6.45, 7) is 9.66. The highest BCUT2D eigenvalue weighted by atomic mass is 32.2. The van der Waals surface area contributed by atoms with E-state index in [-0.39, 0.29) is 10.8 Å². The van der Waals surface area contributed by atoms with Gasteiger partial charge >= 0.3 is 0 Å². The fraction of sp³-hybridized carbons (Fsp3) is 0.200. The molecule has 1 aromatic heterocycles. The summed E-state index contributed by atoms with van der Waals surface area (Å²) in [5.41, 5.74) is 24.3. The molecule has 0 amide bonds. The van der Waals surface area contributed by atoms with Gasteiger partial charge in [-0.1, -0.05) is 155 Å². The van der Waals surface area contributed by atoms with Crippen LogP contribution in [0.4, 0.5) is 17.1 Å². The Kier molecular flexibility index (Phi) is 8.05. The van der Waals surface area contributed by atoms with Crippen molar-refractivity contribution in [2.75, 3.05) is 4.90 Å². The molecular weight excluding hydrogens is 781 g/mol. The molecule has 3 heteroatoms. The molecule has 63 heavy (non-hydrogen) atoms. The molecule has 6 aliphatic rings. The monoisotopic (exact) mass is 830 g/mol. The lowest BCUT2D eigenvalue weighted by Gasteiger charge is -2.28. The Morgan fingerprint density at radius 3 is 2.16 bits per heavy atom. The molecule has 0 spiro atoms. The fourth-order valence-electron chi connectivity index (χ4n) is 12.3. The summed E-state index contributed by atoms with van der Waals surface area (Å²) >= 11 is 2.02. The summed E-state index contributed by atoms with van der Waals surface area (Å²) < 4.78 is 2.61. The van der Waals surface area contributed by atoms with Crippen LogP contribution < -0.4 is 4.90 Å². The number of fused-ring (bicyclic) bond motifs is 12. The summed E-state index contributed by atoms with van der Waals surface area (Å²) in [6.07, 6.45) is 20.6. The summed E-state index contributed by atoms with van der Waals surface area (Å²) in [5.74, 6) is 0.441. The van der Waals surface area contributed by atoms with Gasteiger partial charge in [-0.15, -0.1) is 11.8 Å². The van der Waals surface area contributed by atoms with Crippen LogP contribution in [0, 0.1) is 0 Å². The molecule has 6 aromatic carbocycles. The molecule has 2 nitrogen and oxygen atoms in total. The van der Waals surface area contributed by atoms with E-state index in [1.165, 1.54) is 99.8 Å². The molecule has 0 saturated carbocycles. The molecule has 0 N–H and O–H groups in total. The van der Waals surface area contributed by atoms with Gasteiger partial charge in [-0.05, 0) is 130 Å². The van der Waals surface area contributed by atoms with E-state index in [1.807, 2.05) is 11.8 Å². The lowest BCUT2D eigenvalue weighted by molar-refractivity contribution is 0.601. The largest absolute Gasteiger partial charge is 0.313 e. The second-order valence-electron chi connectivity index (χ2n) is 19.4. The normalized spacial score (nSPS) is 20.2. The number of thioether (sulfide) groups is 1. The van der Waals surface area contributed by atoms with Gasteiger partial charge in [0.2, 0.25) is 0 Å². The Labute approximate surface area is 375 Å². The molecule has 5 aliphatic carbocycles. The van der Waals surface area contributed by atoms with Crippen LogP contribution in [-0.2, 0) is 17.3 Å². The van der Waals surface area contributed by atoms with E-state index in [4.69, 9.17) is 0 Å². The van der Waals surface area contributed by atoms with Crippen molar-refractivity contribution in [1.29, 1.82) is 0 Å². The molecule has 0 bridgehead atoms. The highest BCUT2D eigenvalue weighted by Crippen LogP contribution is 2.57. The smallest absolute Gasteiger partial charge is 0.0539 e. The molecule has 1 aliphatic heterocycles. The molecule has 13 rings (SSSR count). The standard InChI is InChI=1S/C60H50N2S/c1-59(2)50-23-12-9-19-47(50)56-51(59)32-34-54-57(56)48-35-40(30-33-53(48)62(54)38-15-6-5-7-16-38)61(41-29-31-44-43-17-8-11-22-49(43)60(3,4)52(44)36-41)39-27-25-37(26-28-39)42-20-14-21-46-45-18-10-13-24-55(45)63-58(42)46/h6,8-31,33,35-36,45,55H,5,7,32,34H2,1-4H3. The molecule has 2 atom stereocenters. The quantitative estimate of drug-likeness (QED) is 0.171. The lowest BCUT2D eigenvalue weighted by Crippen LogP contribution is -2.19. The number of nitrogens with zero attached hydrogens (tertiary/aromatic N) is 2. The first-order valence-electron chi connectivity index (χ1n) is 23.0. The maximum atomic E-state index is 2.61. The van der Waals surface area contributed by atoms with Crippen LogP contribution in [0.25, 0.3) is 44.4 Å². The van der Waals surface area contributed by atoms with Gasteiger partial charge in [0.15, 0.2) is 0 Å². The number of aromatic nitrogens is 1. The number of rotatable bonds is 5. The van der Waals surface area contributed by atoms with E-state index in [0.717, 1.165) is 31.4 Å². The van der Waals surface area contributed by atoms with E-state index < -0.39 is 0 Å². The molecule has 2 unspecified atom stereocenters. The third-order valence-corrected chi connectivity index (χ3v) is 16.7. The average Bonchev–Trinajstić information content (AvgIpc) is 4.00. The van der Waals surface area contributed by atoms with E-state index >= 15 is 0 Å². The van der Waals surface area contributed by atoms with Gasteiger partial charge in [-0.3, -0.25) is 0 Å². The SMILES string of the molecule is CC1(C)C2=C(c3ccccc31)c1c(n(C3=CCCC=C3)c3ccc(N(c4ccc(-c5cccc6c5SC5C=CC=CC65)cc4)c4ccc5c(c4)C(C)(C)c4ccccc4-5)cc13)CC2. The Bertz CT molecular complexity index is 3270. The van der Waals surface area contributed by atoms with Gasteiger partial charge in [0.05, 0.1) is 5.52 Å². The molecule has 7 aromatic rings. The van der Waals surface area contributed by atoms with Crippen molar-refractivity contribution in [2.24, 2.45) is 0 Å². The van der Waals surface area contributed by atoms with Gasteiger partial charge < -0.3 is 9.47 Å². The average molecular weight is 831 g/mol. The predicted molar refractivity (Wildman–Crippen MR) is 267 cm³/mol. The third kappa shape index (κ3) is 5.33. The zero-order valence-electron chi connectivity index (χ0n) is 36.5. The maximum Gasteiger partial charge on any atom is 0.0539 e. The van der Waals surface area contributed by atoms with E-state index in [9.17, 15) is 0 Å². The van der Waals surface area contributed by atoms with Gasteiger partial charge in [-0.2, -0.15) is 0 Å². The lowest BCUT2D eigenvalue weighted by atomic mass is 9.77. The number of allylic oxidation sites excluding steroid dienone is 8. The maximum absolute atomic E-state index is 2.61.